The lowest BCUT2D eigenvalue weighted by atomic mass is 9.89. The molecular formula is C33H23ClN2O8. The number of nitrogens with zero attached hydrogens (tertiary/aromatic N) is 1. The molecule has 2 heterocycles. The van der Waals surface area contributed by atoms with Crippen LogP contribution in [0.5, 0.6) is 11.6 Å². The zero-order valence-corrected chi connectivity index (χ0v) is 24.1. The Hall–Kier alpha value is -5.61. The summed E-state index contributed by atoms with van der Waals surface area (Å²) < 4.78 is 16.5. The van der Waals surface area contributed by atoms with E-state index in [0.29, 0.717) is 39.2 Å². The van der Waals surface area contributed by atoms with Crippen molar-refractivity contribution in [2.45, 2.75) is 6.54 Å². The summed E-state index contributed by atoms with van der Waals surface area (Å²) in [6.07, 6.45) is 0. The number of carboxylic acids is 1. The maximum Gasteiger partial charge on any atom is 0.338 e. The van der Waals surface area contributed by atoms with E-state index in [1.807, 2.05) is 24.3 Å². The predicted molar refractivity (Wildman–Crippen MR) is 165 cm³/mol. The number of methoxy groups -OCH3 is 2. The first-order valence-corrected chi connectivity index (χ1v) is 13.6. The Balaban J connectivity index is 1.62. The van der Waals surface area contributed by atoms with E-state index in [-0.39, 0.29) is 45.4 Å². The van der Waals surface area contributed by atoms with E-state index >= 15 is 0 Å². The Morgan fingerprint density at radius 3 is 2.57 bits per heavy atom. The third-order valence-corrected chi connectivity index (χ3v) is 7.62. The number of anilines is 1. The van der Waals surface area contributed by atoms with Gasteiger partial charge >= 0.3 is 11.9 Å². The molecule has 0 saturated carbocycles. The van der Waals surface area contributed by atoms with Crippen molar-refractivity contribution in [3.63, 3.8) is 0 Å². The van der Waals surface area contributed by atoms with E-state index in [9.17, 15) is 24.6 Å². The lowest BCUT2D eigenvalue weighted by Crippen LogP contribution is -2.09. The molecule has 0 saturated heterocycles. The maximum atomic E-state index is 12.9. The summed E-state index contributed by atoms with van der Waals surface area (Å²) in [5.41, 5.74) is 2.27. The molecule has 0 unspecified atom stereocenters. The van der Waals surface area contributed by atoms with Gasteiger partial charge in [0.2, 0.25) is 11.3 Å². The molecule has 10 nitrogen and oxygen atoms in total. The number of para-hydroxylation sites is 1. The van der Waals surface area contributed by atoms with Gasteiger partial charge in [-0.2, -0.15) is 0 Å². The number of phenolic OH excluding ortho intramolecular Hbond substituents is 1. The van der Waals surface area contributed by atoms with Crippen molar-refractivity contribution in [1.82, 2.24) is 4.98 Å². The molecule has 0 radical (unpaired) electrons. The number of carbonyl (C=O) groups is 2. The molecule has 0 bridgehead atoms. The monoisotopic (exact) mass is 610 g/mol. The van der Waals surface area contributed by atoms with Crippen molar-refractivity contribution >= 4 is 51.1 Å². The summed E-state index contributed by atoms with van der Waals surface area (Å²) in [7, 11) is 2.74. The van der Waals surface area contributed by atoms with Crippen LogP contribution in [0.1, 0.15) is 26.3 Å². The number of pyridine rings is 1. The quantitative estimate of drug-likeness (QED) is 0.134. The highest BCUT2D eigenvalue weighted by Crippen LogP contribution is 2.45. The van der Waals surface area contributed by atoms with E-state index in [0.717, 1.165) is 5.39 Å². The number of halogens is 1. The Morgan fingerprint density at radius 1 is 1.00 bits per heavy atom. The summed E-state index contributed by atoms with van der Waals surface area (Å²) in [6.45, 7) is 0.0620. The molecule has 0 atom stereocenters. The SMILES string of the molecule is COC(=O)c1ccc(C(=O)O)cc1-c1c2cc(Cl)c(=O)cc-2oc2c(CNc3cccc4ccc(OC)nc34)c(O)ccc12. The molecule has 0 amide bonds. The van der Waals surface area contributed by atoms with E-state index in [4.69, 9.17) is 25.5 Å². The number of ether oxygens (including phenoxy) is 2. The molecule has 0 fully saturated rings. The number of hydrogen-bond donors (Lipinski definition) is 3. The number of nitrogens with one attached hydrogen (secondary N) is 1. The molecule has 4 aromatic rings. The molecule has 44 heavy (non-hydrogen) atoms. The van der Waals surface area contributed by atoms with Gasteiger partial charge in [0.15, 0.2) is 0 Å². The van der Waals surface area contributed by atoms with Gasteiger partial charge in [-0.1, -0.05) is 23.7 Å². The summed E-state index contributed by atoms with van der Waals surface area (Å²) >= 11 is 6.25. The van der Waals surface area contributed by atoms with Crippen molar-refractivity contribution in [3.05, 3.63) is 105 Å². The molecule has 3 N–H and O–H groups in total. The minimum Gasteiger partial charge on any atom is -0.507 e. The van der Waals surface area contributed by atoms with Crippen molar-refractivity contribution < 1.29 is 33.7 Å². The average Bonchev–Trinajstić information content (AvgIpc) is 3.03. The second kappa shape index (κ2) is 11.2. The number of esters is 1. The Morgan fingerprint density at radius 2 is 1.82 bits per heavy atom. The van der Waals surface area contributed by atoms with E-state index < -0.39 is 17.4 Å². The molecule has 2 aliphatic rings. The van der Waals surface area contributed by atoms with Crippen LogP contribution in [0.25, 0.3) is 44.3 Å². The van der Waals surface area contributed by atoms with Gasteiger partial charge in [-0.05, 0) is 54.1 Å². The fourth-order valence-electron chi connectivity index (χ4n) is 5.20. The number of carboxylic acid groups (broad SMARTS) is 1. The van der Waals surface area contributed by atoms with Crippen molar-refractivity contribution in [2.75, 3.05) is 19.5 Å². The highest BCUT2D eigenvalue weighted by atomic mass is 35.5. The van der Waals surface area contributed by atoms with Gasteiger partial charge < -0.3 is 29.4 Å². The number of phenols is 1. The van der Waals surface area contributed by atoms with Crippen molar-refractivity contribution in [3.8, 4) is 34.1 Å². The highest BCUT2D eigenvalue weighted by Gasteiger charge is 2.26. The maximum absolute atomic E-state index is 12.9. The fraction of sp³-hybridized carbons (Fsp3) is 0.0909. The van der Waals surface area contributed by atoms with Crippen LogP contribution in [0.2, 0.25) is 5.02 Å². The van der Waals surface area contributed by atoms with Crippen LogP contribution in [-0.2, 0) is 11.3 Å². The number of carbonyl (C=O) groups excluding carboxylic acids is 1. The van der Waals surface area contributed by atoms with Crippen LogP contribution in [0.4, 0.5) is 5.69 Å². The molecule has 220 valence electrons. The van der Waals surface area contributed by atoms with E-state index in [1.54, 1.807) is 12.1 Å². The topological polar surface area (TPSA) is 148 Å². The number of benzene rings is 4. The number of fused-ring (bicyclic) bond motifs is 3. The molecule has 1 aliphatic carbocycles. The standard InChI is InChI=1S/C33H23ClN2O8/c1-42-28-11-7-16-4-3-5-24(30(16)36-28)35-15-22-25(37)10-9-19-29(21-13-23(34)26(38)14-27(21)44-31(19)22)20-12-17(32(39)40)6-8-18(20)33(41)43-2/h3-14,35,37H,15H2,1-2H3,(H,39,40). The lowest BCUT2D eigenvalue weighted by Gasteiger charge is -2.20. The first-order chi connectivity index (χ1) is 21.2. The third kappa shape index (κ3) is 4.91. The molecular weight excluding hydrogens is 588 g/mol. The summed E-state index contributed by atoms with van der Waals surface area (Å²) in [4.78, 5) is 42.0. The first kappa shape index (κ1) is 28.5. The Bertz CT molecular complexity index is 2160. The van der Waals surface area contributed by atoms with Crippen LogP contribution < -0.4 is 15.5 Å². The van der Waals surface area contributed by atoms with Gasteiger partial charge in [-0.25, -0.2) is 14.6 Å². The first-order valence-electron chi connectivity index (χ1n) is 13.2. The van der Waals surface area contributed by atoms with E-state index in [1.165, 1.54) is 50.6 Å². The number of aromatic nitrogens is 1. The number of hydrogen-bond acceptors (Lipinski definition) is 9. The molecule has 3 aromatic carbocycles. The Labute approximate surface area is 254 Å². The summed E-state index contributed by atoms with van der Waals surface area (Å²) in [6, 6.07) is 18.9. The van der Waals surface area contributed by atoms with Crippen LogP contribution in [0.15, 0.2) is 82.0 Å². The smallest absolute Gasteiger partial charge is 0.338 e. The molecule has 1 aliphatic heterocycles. The summed E-state index contributed by atoms with van der Waals surface area (Å²) in [5, 5.41) is 25.3. The van der Waals surface area contributed by atoms with Crippen LogP contribution in [0.3, 0.4) is 0 Å². The minimum atomic E-state index is -1.21. The highest BCUT2D eigenvalue weighted by molar-refractivity contribution is 6.31. The van der Waals surface area contributed by atoms with Gasteiger partial charge in [0.25, 0.3) is 0 Å². The van der Waals surface area contributed by atoms with Crippen LogP contribution in [0, 0.1) is 0 Å². The van der Waals surface area contributed by atoms with Gasteiger partial charge in [0.1, 0.15) is 17.1 Å². The Kier molecular flexibility index (Phi) is 7.28. The van der Waals surface area contributed by atoms with Gasteiger partial charge in [0.05, 0.1) is 47.1 Å². The number of rotatable bonds is 7. The second-order valence-electron chi connectivity index (χ2n) is 9.84. The van der Waals surface area contributed by atoms with Gasteiger partial charge in [-0.3, -0.25) is 4.79 Å². The fourth-order valence-corrected chi connectivity index (χ4v) is 5.37. The average molecular weight is 611 g/mol. The zero-order chi connectivity index (χ0) is 31.1. The molecule has 6 rings (SSSR count). The minimum absolute atomic E-state index is 0.0620. The zero-order valence-electron chi connectivity index (χ0n) is 23.3. The van der Waals surface area contributed by atoms with Gasteiger partial charge in [-0.15, -0.1) is 0 Å². The van der Waals surface area contributed by atoms with Crippen LogP contribution in [-0.4, -0.2) is 41.4 Å². The molecule has 0 spiro atoms. The third-order valence-electron chi connectivity index (χ3n) is 7.32. The molecule has 11 heteroatoms. The van der Waals surface area contributed by atoms with Crippen LogP contribution >= 0.6 is 11.6 Å². The van der Waals surface area contributed by atoms with Crippen molar-refractivity contribution in [1.29, 1.82) is 0 Å². The van der Waals surface area contributed by atoms with Gasteiger partial charge in [0, 0.05) is 40.6 Å². The molecule has 1 aromatic heterocycles. The predicted octanol–water partition coefficient (Wildman–Crippen LogP) is 6.58. The number of aromatic carboxylic acids is 1. The largest absolute Gasteiger partial charge is 0.507 e. The lowest BCUT2D eigenvalue weighted by molar-refractivity contribution is 0.0599. The van der Waals surface area contributed by atoms with E-state index in [2.05, 4.69) is 10.3 Å². The second-order valence-corrected chi connectivity index (χ2v) is 10.2. The number of aromatic hydroxyl groups is 1. The van der Waals surface area contributed by atoms with Crippen molar-refractivity contribution in [2.24, 2.45) is 0 Å². The summed E-state index contributed by atoms with van der Waals surface area (Å²) in [5.74, 6) is -1.47. The normalized spacial score (nSPS) is 11.2.